The Hall–Kier alpha value is -2.08. The van der Waals surface area contributed by atoms with E-state index in [-0.39, 0.29) is 10.4 Å². The fourth-order valence-electron chi connectivity index (χ4n) is 1.97. The summed E-state index contributed by atoms with van der Waals surface area (Å²) in [6.45, 7) is 0.799. The Morgan fingerprint density at radius 1 is 1.24 bits per heavy atom. The number of hydrogen-bond donors (Lipinski definition) is 2. The third-order valence-corrected chi connectivity index (χ3v) is 4.84. The van der Waals surface area contributed by atoms with Gasteiger partial charge in [0.1, 0.15) is 5.82 Å². The van der Waals surface area contributed by atoms with Gasteiger partial charge in [-0.3, -0.25) is 0 Å². The maximum absolute atomic E-state index is 10.7. The topological polar surface area (TPSA) is 75.1 Å². The zero-order valence-corrected chi connectivity index (χ0v) is 12.1. The molecule has 0 atom stereocenters. The quantitative estimate of drug-likeness (QED) is 0.854. The Kier molecular flexibility index (Phi) is 3.79. The maximum Gasteiger partial charge on any atom is 0.356 e. The molecule has 3 rings (SSSR count). The van der Waals surface area contributed by atoms with Crippen LogP contribution in [-0.4, -0.2) is 32.3 Å². The number of aromatic nitrogens is 2. The summed E-state index contributed by atoms with van der Waals surface area (Å²) in [5, 5.41) is 12.0. The zero-order valence-electron chi connectivity index (χ0n) is 11.3. The smallest absolute Gasteiger partial charge is 0.356 e. The van der Waals surface area contributed by atoms with Gasteiger partial charge in [-0.05, 0) is 25.0 Å². The monoisotopic (exact) mass is 301 g/mol. The highest BCUT2D eigenvalue weighted by atomic mass is 32.2. The molecule has 2 N–H and O–H groups in total. The molecule has 1 heterocycles. The van der Waals surface area contributed by atoms with E-state index in [1.54, 1.807) is 0 Å². The van der Waals surface area contributed by atoms with E-state index in [0.29, 0.717) is 5.82 Å². The highest BCUT2D eigenvalue weighted by Crippen LogP contribution is 2.51. The first-order valence-electron chi connectivity index (χ1n) is 6.70. The molecular weight excluding hydrogens is 286 g/mol. The molecule has 108 valence electrons. The highest BCUT2D eigenvalue weighted by Gasteiger charge is 2.43. The molecule has 1 aromatic heterocycles. The van der Waals surface area contributed by atoms with E-state index in [4.69, 9.17) is 5.11 Å². The van der Waals surface area contributed by atoms with Crippen LogP contribution >= 0.6 is 11.8 Å². The minimum Gasteiger partial charge on any atom is -0.476 e. The lowest BCUT2D eigenvalue weighted by molar-refractivity contribution is 0.0690. The molecule has 21 heavy (non-hydrogen) atoms. The van der Waals surface area contributed by atoms with Crippen molar-refractivity contribution in [3.8, 4) is 0 Å². The molecule has 0 saturated heterocycles. The number of nitrogens with one attached hydrogen (secondary N) is 1. The number of nitrogens with zero attached hydrogens (tertiary/aromatic N) is 2. The fraction of sp³-hybridized carbons (Fsp3) is 0.267. The third-order valence-electron chi connectivity index (χ3n) is 3.35. The van der Waals surface area contributed by atoms with Gasteiger partial charge in [-0.2, -0.15) is 0 Å². The van der Waals surface area contributed by atoms with Crippen LogP contribution in [-0.2, 0) is 0 Å². The van der Waals surface area contributed by atoms with Gasteiger partial charge in [0, 0.05) is 16.2 Å². The van der Waals surface area contributed by atoms with Crippen molar-refractivity contribution in [2.45, 2.75) is 22.5 Å². The van der Waals surface area contributed by atoms with Crippen LogP contribution in [0.3, 0.4) is 0 Å². The molecule has 6 heteroatoms. The molecule has 1 saturated carbocycles. The van der Waals surface area contributed by atoms with Crippen LogP contribution < -0.4 is 5.32 Å². The first-order valence-corrected chi connectivity index (χ1v) is 7.52. The highest BCUT2D eigenvalue weighted by molar-refractivity contribution is 8.01. The number of benzene rings is 1. The molecule has 1 fully saturated rings. The second-order valence-corrected chi connectivity index (χ2v) is 6.59. The van der Waals surface area contributed by atoms with E-state index in [1.165, 1.54) is 30.1 Å². The summed E-state index contributed by atoms with van der Waals surface area (Å²) in [6.07, 6.45) is 5.07. The van der Waals surface area contributed by atoms with Crippen molar-refractivity contribution in [2.24, 2.45) is 0 Å². The summed E-state index contributed by atoms with van der Waals surface area (Å²) >= 11 is 1.88. The lowest BCUT2D eigenvalue weighted by Gasteiger charge is -2.16. The normalized spacial score (nSPS) is 15.4. The first-order chi connectivity index (χ1) is 10.2. The van der Waals surface area contributed by atoms with E-state index in [0.717, 1.165) is 6.54 Å². The lowest BCUT2D eigenvalue weighted by Crippen LogP contribution is -2.18. The van der Waals surface area contributed by atoms with Crippen molar-refractivity contribution in [3.63, 3.8) is 0 Å². The number of aromatic carboxylic acids is 1. The molecule has 1 aliphatic carbocycles. The van der Waals surface area contributed by atoms with Crippen LogP contribution in [0.1, 0.15) is 23.3 Å². The molecule has 0 aliphatic heterocycles. The molecule has 1 aromatic carbocycles. The fourth-order valence-corrected chi connectivity index (χ4v) is 3.22. The number of carbonyl (C=O) groups is 1. The molecule has 0 spiro atoms. The van der Waals surface area contributed by atoms with Crippen LogP contribution in [0.5, 0.6) is 0 Å². The van der Waals surface area contributed by atoms with E-state index in [2.05, 4.69) is 27.4 Å². The molecular formula is C15H15N3O2S. The van der Waals surface area contributed by atoms with Gasteiger partial charge in [-0.15, -0.1) is 11.8 Å². The molecule has 1 aliphatic rings. The van der Waals surface area contributed by atoms with Crippen LogP contribution in [0, 0.1) is 0 Å². The number of carboxylic acids is 1. The standard InChI is InChI=1S/C15H15N3O2S/c19-14(20)12-8-17-13(9-16-12)18-10-15(6-7-15)21-11-4-2-1-3-5-11/h1-5,8-9H,6-7,10H2,(H,17,18)(H,19,20). The van der Waals surface area contributed by atoms with Gasteiger partial charge in [0.15, 0.2) is 5.69 Å². The summed E-state index contributed by atoms with van der Waals surface area (Å²) in [7, 11) is 0. The van der Waals surface area contributed by atoms with Gasteiger partial charge in [0.2, 0.25) is 0 Å². The van der Waals surface area contributed by atoms with Crippen molar-refractivity contribution >= 4 is 23.5 Å². The minimum absolute atomic E-state index is 0.0413. The summed E-state index contributed by atoms with van der Waals surface area (Å²) in [5.41, 5.74) is -0.0413. The van der Waals surface area contributed by atoms with Crippen LogP contribution in [0.15, 0.2) is 47.6 Å². The first kappa shape index (κ1) is 13.9. The lowest BCUT2D eigenvalue weighted by atomic mass is 10.4. The minimum atomic E-state index is -1.06. The second kappa shape index (κ2) is 5.73. The zero-order chi connectivity index (χ0) is 14.7. The molecule has 0 unspecified atom stereocenters. The average molecular weight is 301 g/mol. The maximum atomic E-state index is 10.7. The second-order valence-electron chi connectivity index (χ2n) is 5.04. The summed E-state index contributed by atoms with van der Waals surface area (Å²) < 4.78 is 0.217. The van der Waals surface area contributed by atoms with Gasteiger partial charge < -0.3 is 10.4 Å². The van der Waals surface area contributed by atoms with Gasteiger partial charge in [-0.1, -0.05) is 18.2 Å². The van der Waals surface area contributed by atoms with Gasteiger partial charge in [0.05, 0.1) is 12.4 Å². The molecule has 0 bridgehead atoms. The predicted octanol–water partition coefficient (Wildman–Crippen LogP) is 2.91. The number of rotatable bonds is 6. The summed E-state index contributed by atoms with van der Waals surface area (Å²) in [5.74, 6) is -0.452. The Morgan fingerprint density at radius 2 is 2.00 bits per heavy atom. The van der Waals surface area contributed by atoms with Crippen LogP contribution in [0.2, 0.25) is 0 Å². The molecule has 5 nitrogen and oxygen atoms in total. The Labute approximate surface area is 126 Å². The Morgan fingerprint density at radius 3 is 2.57 bits per heavy atom. The number of carboxylic acid groups (broad SMARTS) is 1. The number of thioether (sulfide) groups is 1. The van der Waals surface area contributed by atoms with Gasteiger partial charge in [-0.25, -0.2) is 14.8 Å². The largest absolute Gasteiger partial charge is 0.476 e. The van der Waals surface area contributed by atoms with Crippen LogP contribution in [0.25, 0.3) is 0 Å². The Balaban J connectivity index is 1.58. The Bertz CT molecular complexity index is 627. The van der Waals surface area contributed by atoms with Crippen molar-refractivity contribution < 1.29 is 9.90 Å². The number of anilines is 1. The molecule has 0 amide bonds. The predicted molar refractivity (Wildman–Crippen MR) is 81.7 cm³/mol. The van der Waals surface area contributed by atoms with Gasteiger partial charge >= 0.3 is 5.97 Å². The van der Waals surface area contributed by atoms with Crippen LogP contribution in [0.4, 0.5) is 5.82 Å². The van der Waals surface area contributed by atoms with E-state index < -0.39 is 5.97 Å². The molecule has 0 radical (unpaired) electrons. The van der Waals surface area contributed by atoms with Crippen molar-refractivity contribution in [1.29, 1.82) is 0 Å². The van der Waals surface area contributed by atoms with Crippen molar-refractivity contribution in [2.75, 3.05) is 11.9 Å². The third kappa shape index (κ3) is 3.52. The van der Waals surface area contributed by atoms with Gasteiger partial charge in [0.25, 0.3) is 0 Å². The summed E-state index contributed by atoms with van der Waals surface area (Å²) in [6, 6.07) is 10.3. The SMILES string of the molecule is O=C(O)c1cnc(NCC2(Sc3ccccc3)CC2)cn1. The van der Waals surface area contributed by atoms with Crippen molar-refractivity contribution in [3.05, 3.63) is 48.4 Å². The molecule has 2 aromatic rings. The number of hydrogen-bond acceptors (Lipinski definition) is 5. The van der Waals surface area contributed by atoms with E-state index in [1.807, 2.05) is 30.0 Å². The average Bonchev–Trinajstić information content (AvgIpc) is 3.27. The van der Waals surface area contributed by atoms with Crippen molar-refractivity contribution in [1.82, 2.24) is 9.97 Å². The van der Waals surface area contributed by atoms with E-state index in [9.17, 15) is 4.79 Å². The summed E-state index contributed by atoms with van der Waals surface area (Å²) in [4.78, 5) is 19.9. The van der Waals surface area contributed by atoms with E-state index >= 15 is 0 Å².